The first-order valence-corrected chi connectivity index (χ1v) is 8.66. The van der Waals surface area contributed by atoms with Crippen LogP contribution in [0.5, 0.6) is 5.75 Å². The number of thiocarbonyl (C=S) groups is 1. The molecule has 0 aliphatic heterocycles. The minimum Gasteiger partial charge on any atom is -0.495 e. The van der Waals surface area contributed by atoms with Gasteiger partial charge in [-0.3, -0.25) is 0 Å². The highest BCUT2D eigenvalue weighted by Gasteiger charge is 2.16. The minimum absolute atomic E-state index is 0.478. The predicted molar refractivity (Wildman–Crippen MR) is 96.6 cm³/mol. The van der Waals surface area contributed by atoms with Gasteiger partial charge in [-0.1, -0.05) is 11.6 Å². The Balaban J connectivity index is 1.70. The molecule has 1 heterocycles. The maximum absolute atomic E-state index is 6.02. The van der Waals surface area contributed by atoms with E-state index in [4.69, 9.17) is 28.6 Å². The van der Waals surface area contributed by atoms with Gasteiger partial charge in [-0.2, -0.15) is 0 Å². The van der Waals surface area contributed by atoms with Crippen LogP contribution < -0.4 is 15.4 Å². The molecule has 0 amide bonds. The van der Waals surface area contributed by atoms with E-state index in [9.17, 15) is 0 Å². The lowest BCUT2D eigenvalue weighted by Crippen LogP contribution is -2.19. The van der Waals surface area contributed by atoms with Crippen molar-refractivity contribution in [2.75, 3.05) is 17.7 Å². The van der Waals surface area contributed by atoms with E-state index in [-0.39, 0.29) is 0 Å². The number of ether oxygens (including phenoxy) is 1. The second kappa shape index (κ2) is 6.81. The summed E-state index contributed by atoms with van der Waals surface area (Å²) in [5.41, 5.74) is 1.94. The number of anilines is 2. The van der Waals surface area contributed by atoms with Crippen molar-refractivity contribution in [2.45, 2.75) is 25.7 Å². The molecule has 1 aromatic carbocycles. The number of rotatable bonds is 3. The summed E-state index contributed by atoms with van der Waals surface area (Å²) >= 11 is 13.1. The van der Waals surface area contributed by atoms with Crippen molar-refractivity contribution in [3.05, 3.63) is 33.8 Å². The second-order valence-electron chi connectivity index (χ2n) is 5.02. The van der Waals surface area contributed by atoms with E-state index in [1.54, 1.807) is 36.6 Å². The zero-order valence-corrected chi connectivity index (χ0v) is 14.5. The molecule has 22 heavy (non-hydrogen) atoms. The zero-order chi connectivity index (χ0) is 15.5. The lowest BCUT2D eigenvalue weighted by molar-refractivity contribution is 0.417. The van der Waals surface area contributed by atoms with Crippen LogP contribution in [0.3, 0.4) is 0 Å². The lowest BCUT2D eigenvalue weighted by Gasteiger charge is -2.12. The summed E-state index contributed by atoms with van der Waals surface area (Å²) in [6.07, 6.45) is 4.66. The third-order valence-corrected chi connectivity index (χ3v) is 4.99. The Morgan fingerprint density at radius 2 is 2.14 bits per heavy atom. The van der Waals surface area contributed by atoms with E-state index < -0.39 is 0 Å². The number of halogens is 1. The predicted octanol–water partition coefficient (Wildman–Crippen LogP) is 4.49. The maximum Gasteiger partial charge on any atom is 0.189 e. The first kappa shape index (κ1) is 15.5. The smallest absolute Gasteiger partial charge is 0.189 e. The van der Waals surface area contributed by atoms with Gasteiger partial charge in [0.2, 0.25) is 0 Å². The van der Waals surface area contributed by atoms with E-state index in [0.29, 0.717) is 15.9 Å². The van der Waals surface area contributed by atoms with Gasteiger partial charge < -0.3 is 15.4 Å². The Labute approximate surface area is 143 Å². The Morgan fingerprint density at radius 1 is 1.32 bits per heavy atom. The van der Waals surface area contributed by atoms with Gasteiger partial charge in [0, 0.05) is 9.90 Å². The van der Waals surface area contributed by atoms with Crippen LogP contribution >= 0.6 is 35.2 Å². The van der Waals surface area contributed by atoms with Crippen molar-refractivity contribution < 1.29 is 4.74 Å². The molecule has 0 bridgehead atoms. The number of hydrogen-bond donors (Lipinski definition) is 2. The summed E-state index contributed by atoms with van der Waals surface area (Å²) in [6, 6.07) is 5.35. The molecular weight excluding hydrogens is 338 g/mol. The SMILES string of the molecule is COc1ccc(Cl)cc1NC(=S)Nc1nc2c(s1)CCCC2. The Bertz CT molecular complexity index is 679. The molecule has 1 aromatic heterocycles. The molecule has 1 aliphatic rings. The monoisotopic (exact) mass is 353 g/mol. The zero-order valence-electron chi connectivity index (χ0n) is 12.1. The van der Waals surface area contributed by atoms with Gasteiger partial charge in [0.1, 0.15) is 5.75 Å². The van der Waals surface area contributed by atoms with E-state index >= 15 is 0 Å². The van der Waals surface area contributed by atoms with Crippen LogP contribution in [0, 0.1) is 0 Å². The highest BCUT2D eigenvalue weighted by atomic mass is 35.5. The Morgan fingerprint density at radius 3 is 2.91 bits per heavy atom. The summed E-state index contributed by atoms with van der Waals surface area (Å²) in [7, 11) is 1.61. The quantitative estimate of drug-likeness (QED) is 0.796. The first-order valence-electron chi connectivity index (χ1n) is 7.06. The minimum atomic E-state index is 0.478. The van der Waals surface area contributed by atoms with Gasteiger partial charge in [-0.15, -0.1) is 11.3 Å². The number of methoxy groups -OCH3 is 1. The molecule has 0 atom stereocenters. The molecule has 0 radical (unpaired) electrons. The van der Waals surface area contributed by atoms with Crippen LogP contribution in [0.2, 0.25) is 5.02 Å². The van der Waals surface area contributed by atoms with Crippen LogP contribution in [-0.4, -0.2) is 17.2 Å². The van der Waals surface area contributed by atoms with Gasteiger partial charge in [-0.25, -0.2) is 4.98 Å². The molecule has 0 unspecified atom stereocenters. The fourth-order valence-corrected chi connectivity index (χ4v) is 3.93. The van der Waals surface area contributed by atoms with Crippen LogP contribution in [0.25, 0.3) is 0 Å². The summed E-state index contributed by atoms with van der Waals surface area (Å²) in [4.78, 5) is 5.99. The molecule has 2 N–H and O–H groups in total. The molecular formula is C15H16ClN3OS2. The van der Waals surface area contributed by atoms with Gasteiger partial charge >= 0.3 is 0 Å². The average molecular weight is 354 g/mol. The number of aromatic nitrogens is 1. The Kier molecular flexibility index (Phi) is 4.81. The molecule has 7 heteroatoms. The van der Waals surface area contributed by atoms with Gasteiger partial charge in [0.05, 0.1) is 18.5 Å². The van der Waals surface area contributed by atoms with E-state index in [1.165, 1.54) is 23.4 Å². The standard InChI is InChI=1S/C15H16ClN3OS2/c1-20-12-7-6-9(16)8-11(12)17-14(21)19-15-18-10-4-2-3-5-13(10)22-15/h6-8H,2-5H2,1H3,(H2,17,18,19,21). The third kappa shape index (κ3) is 3.51. The number of thiazole rings is 1. The highest BCUT2D eigenvalue weighted by Crippen LogP contribution is 2.30. The van der Waals surface area contributed by atoms with E-state index in [1.807, 2.05) is 0 Å². The number of aryl methyl sites for hydroxylation is 2. The van der Waals surface area contributed by atoms with Crippen LogP contribution in [-0.2, 0) is 12.8 Å². The average Bonchev–Trinajstić information content (AvgIpc) is 2.89. The van der Waals surface area contributed by atoms with Crippen molar-refractivity contribution in [3.8, 4) is 5.75 Å². The highest BCUT2D eigenvalue weighted by molar-refractivity contribution is 7.80. The largest absolute Gasteiger partial charge is 0.495 e. The summed E-state index contributed by atoms with van der Waals surface area (Å²) < 4.78 is 5.30. The van der Waals surface area contributed by atoms with Crippen LogP contribution in [0.4, 0.5) is 10.8 Å². The number of fused-ring (bicyclic) bond motifs is 1. The number of benzene rings is 1. The molecule has 1 aliphatic carbocycles. The van der Waals surface area contributed by atoms with Crippen molar-refractivity contribution >= 4 is 51.1 Å². The molecule has 4 nitrogen and oxygen atoms in total. The molecule has 0 saturated heterocycles. The molecule has 0 fully saturated rings. The van der Waals surface area contributed by atoms with E-state index in [0.717, 1.165) is 23.7 Å². The van der Waals surface area contributed by atoms with Crippen molar-refractivity contribution in [2.24, 2.45) is 0 Å². The summed E-state index contributed by atoms with van der Waals surface area (Å²) in [6.45, 7) is 0. The molecule has 0 spiro atoms. The normalized spacial score (nSPS) is 13.4. The van der Waals surface area contributed by atoms with Crippen LogP contribution in [0.1, 0.15) is 23.4 Å². The van der Waals surface area contributed by atoms with Gasteiger partial charge in [-0.05, 0) is 56.1 Å². The van der Waals surface area contributed by atoms with Crippen molar-refractivity contribution in [3.63, 3.8) is 0 Å². The first-order chi connectivity index (χ1) is 10.7. The second-order valence-corrected chi connectivity index (χ2v) is 6.95. The number of nitrogens with one attached hydrogen (secondary N) is 2. The number of nitrogens with zero attached hydrogens (tertiary/aromatic N) is 1. The molecule has 2 aromatic rings. The van der Waals surface area contributed by atoms with E-state index in [2.05, 4.69) is 15.6 Å². The van der Waals surface area contributed by atoms with Gasteiger partial charge in [0.15, 0.2) is 10.2 Å². The topological polar surface area (TPSA) is 46.2 Å². The lowest BCUT2D eigenvalue weighted by atomic mass is 10.0. The van der Waals surface area contributed by atoms with Gasteiger partial charge in [0.25, 0.3) is 0 Å². The number of hydrogen-bond acceptors (Lipinski definition) is 4. The van der Waals surface area contributed by atoms with Crippen LogP contribution in [0.15, 0.2) is 18.2 Å². The fraction of sp³-hybridized carbons (Fsp3) is 0.333. The summed E-state index contributed by atoms with van der Waals surface area (Å²) in [5, 5.41) is 8.19. The maximum atomic E-state index is 6.02. The molecule has 3 rings (SSSR count). The Hall–Kier alpha value is -1.37. The van der Waals surface area contributed by atoms with Crippen molar-refractivity contribution in [1.29, 1.82) is 0 Å². The molecule has 116 valence electrons. The summed E-state index contributed by atoms with van der Waals surface area (Å²) in [5.74, 6) is 0.687. The molecule has 0 saturated carbocycles. The van der Waals surface area contributed by atoms with Crippen molar-refractivity contribution in [1.82, 2.24) is 4.98 Å². The fourth-order valence-electron chi connectivity index (χ4n) is 2.43. The third-order valence-electron chi connectivity index (χ3n) is 3.48.